The summed E-state index contributed by atoms with van der Waals surface area (Å²) in [5, 5.41) is 0. The van der Waals surface area contributed by atoms with Crippen LogP contribution in [0.5, 0.6) is 5.75 Å². The van der Waals surface area contributed by atoms with Crippen LogP contribution >= 0.6 is 15.9 Å². The molecule has 0 fully saturated rings. The Hall–Kier alpha value is -0.500. The van der Waals surface area contributed by atoms with Crippen LogP contribution in [0.3, 0.4) is 0 Å². The third kappa shape index (κ3) is 2.73. The molecule has 0 unspecified atom stereocenters. The van der Waals surface area contributed by atoms with E-state index in [0.717, 1.165) is 23.2 Å². The molecule has 0 spiro atoms. The summed E-state index contributed by atoms with van der Waals surface area (Å²) >= 11 is 3.49. The molecular weight excluding hydrogens is 228 g/mol. The van der Waals surface area contributed by atoms with Crippen LogP contribution < -0.4 is 4.74 Å². The number of hydrogen-bond acceptors (Lipinski definition) is 1. The highest BCUT2D eigenvalue weighted by Gasteiger charge is 2.02. The Morgan fingerprint density at radius 2 is 1.92 bits per heavy atom. The summed E-state index contributed by atoms with van der Waals surface area (Å²) < 4.78 is 6.75. The van der Waals surface area contributed by atoms with Gasteiger partial charge in [0, 0.05) is 4.47 Å². The van der Waals surface area contributed by atoms with Crippen molar-refractivity contribution in [2.24, 2.45) is 0 Å². The summed E-state index contributed by atoms with van der Waals surface area (Å²) in [6.07, 6.45) is 1.05. The maximum atomic E-state index is 5.60. The molecule has 0 aliphatic rings. The second kappa shape index (κ2) is 4.66. The molecule has 0 amide bonds. The first-order chi connectivity index (χ1) is 6.15. The minimum Gasteiger partial charge on any atom is -0.493 e. The lowest BCUT2D eigenvalue weighted by Crippen LogP contribution is -1.97. The zero-order valence-electron chi connectivity index (χ0n) is 8.36. The van der Waals surface area contributed by atoms with Crippen molar-refractivity contribution in [2.45, 2.75) is 27.2 Å². The second-order valence-corrected chi connectivity index (χ2v) is 4.07. The van der Waals surface area contributed by atoms with Gasteiger partial charge in [-0.25, -0.2) is 0 Å². The lowest BCUT2D eigenvalue weighted by atomic mass is 10.1. The summed E-state index contributed by atoms with van der Waals surface area (Å²) in [4.78, 5) is 0. The fourth-order valence-electron chi connectivity index (χ4n) is 1.12. The van der Waals surface area contributed by atoms with Gasteiger partial charge in [0.15, 0.2) is 0 Å². The highest BCUT2D eigenvalue weighted by molar-refractivity contribution is 9.10. The molecule has 0 aliphatic heterocycles. The number of ether oxygens (including phenoxy) is 1. The third-order valence-electron chi connectivity index (χ3n) is 1.92. The largest absolute Gasteiger partial charge is 0.493 e. The van der Waals surface area contributed by atoms with Crippen molar-refractivity contribution in [1.29, 1.82) is 0 Å². The molecule has 0 N–H and O–H groups in total. The first kappa shape index (κ1) is 10.6. The van der Waals surface area contributed by atoms with Gasteiger partial charge in [0.2, 0.25) is 0 Å². The fourth-order valence-corrected chi connectivity index (χ4v) is 1.58. The van der Waals surface area contributed by atoms with E-state index >= 15 is 0 Å². The Morgan fingerprint density at radius 3 is 2.54 bits per heavy atom. The van der Waals surface area contributed by atoms with Crippen molar-refractivity contribution < 1.29 is 4.74 Å². The summed E-state index contributed by atoms with van der Waals surface area (Å²) in [5.41, 5.74) is 2.41. The fraction of sp³-hybridized carbons (Fsp3) is 0.455. The second-order valence-electron chi connectivity index (χ2n) is 3.22. The molecule has 0 saturated heterocycles. The molecule has 1 rings (SSSR count). The summed E-state index contributed by atoms with van der Waals surface area (Å²) in [5.74, 6) is 1.00. The van der Waals surface area contributed by atoms with E-state index in [0.29, 0.717) is 0 Å². The first-order valence-electron chi connectivity index (χ1n) is 4.54. The van der Waals surface area contributed by atoms with Crippen LogP contribution in [-0.4, -0.2) is 6.61 Å². The van der Waals surface area contributed by atoms with Crippen molar-refractivity contribution in [3.05, 3.63) is 27.7 Å². The lowest BCUT2D eigenvalue weighted by molar-refractivity contribution is 0.315. The molecule has 0 atom stereocenters. The monoisotopic (exact) mass is 242 g/mol. The Balaban J connectivity index is 2.88. The molecule has 1 aromatic carbocycles. The molecule has 0 heterocycles. The lowest BCUT2D eigenvalue weighted by Gasteiger charge is -2.09. The van der Waals surface area contributed by atoms with Gasteiger partial charge in [-0.05, 0) is 43.5 Å². The number of hydrogen-bond donors (Lipinski definition) is 0. The Kier molecular flexibility index (Phi) is 3.79. The molecule has 13 heavy (non-hydrogen) atoms. The predicted octanol–water partition coefficient (Wildman–Crippen LogP) is 3.85. The van der Waals surface area contributed by atoms with Crippen LogP contribution in [0.15, 0.2) is 16.6 Å². The van der Waals surface area contributed by atoms with Crippen LogP contribution in [0, 0.1) is 13.8 Å². The van der Waals surface area contributed by atoms with Gasteiger partial charge in [0.25, 0.3) is 0 Å². The van der Waals surface area contributed by atoms with E-state index in [1.807, 2.05) is 0 Å². The van der Waals surface area contributed by atoms with Gasteiger partial charge >= 0.3 is 0 Å². The maximum absolute atomic E-state index is 5.60. The highest BCUT2D eigenvalue weighted by Crippen LogP contribution is 2.26. The van der Waals surface area contributed by atoms with Gasteiger partial charge in [0.1, 0.15) is 5.75 Å². The van der Waals surface area contributed by atoms with Crippen molar-refractivity contribution >= 4 is 15.9 Å². The quantitative estimate of drug-likeness (QED) is 0.783. The Labute approximate surface area is 88.2 Å². The predicted molar refractivity (Wildman–Crippen MR) is 59.4 cm³/mol. The summed E-state index contributed by atoms with van der Waals surface area (Å²) in [6.45, 7) is 7.04. The smallest absolute Gasteiger partial charge is 0.122 e. The first-order valence-corrected chi connectivity index (χ1v) is 5.34. The van der Waals surface area contributed by atoms with E-state index in [1.54, 1.807) is 0 Å². The molecule has 2 heteroatoms. The van der Waals surface area contributed by atoms with Gasteiger partial charge in [0.05, 0.1) is 6.61 Å². The van der Waals surface area contributed by atoms with Gasteiger partial charge in [-0.15, -0.1) is 0 Å². The van der Waals surface area contributed by atoms with E-state index in [2.05, 4.69) is 48.8 Å². The van der Waals surface area contributed by atoms with Crippen molar-refractivity contribution in [3.8, 4) is 5.75 Å². The average molecular weight is 243 g/mol. The zero-order valence-corrected chi connectivity index (χ0v) is 9.94. The maximum Gasteiger partial charge on any atom is 0.122 e. The van der Waals surface area contributed by atoms with Gasteiger partial charge in [-0.3, -0.25) is 0 Å². The van der Waals surface area contributed by atoms with Gasteiger partial charge < -0.3 is 4.74 Å². The number of rotatable bonds is 3. The standard InChI is InChI=1S/C11H15BrO/c1-4-5-13-11-7-8(2)10(12)6-9(11)3/h6-7H,4-5H2,1-3H3. The molecule has 0 bridgehead atoms. The number of benzene rings is 1. The van der Waals surface area contributed by atoms with E-state index in [1.165, 1.54) is 11.1 Å². The molecule has 0 aromatic heterocycles. The highest BCUT2D eigenvalue weighted by atomic mass is 79.9. The number of halogens is 1. The van der Waals surface area contributed by atoms with Crippen LogP contribution in [-0.2, 0) is 0 Å². The summed E-state index contributed by atoms with van der Waals surface area (Å²) in [6, 6.07) is 4.18. The molecule has 1 aromatic rings. The van der Waals surface area contributed by atoms with Gasteiger partial charge in [-0.2, -0.15) is 0 Å². The Bertz CT molecular complexity index is 294. The minimum absolute atomic E-state index is 0.794. The van der Waals surface area contributed by atoms with Crippen molar-refractivity contribution in [2.75, 3.05) is 6.61 Å². The molecule has 0 radical (unpaired) electrons. The molecule has 1 nitrogen and oxygen atoms in total. The average Bonchev–Trinajstić information content (AvgIpc) is 2.09. The molecule has 72 valence electrons. The summed E-state index contributed by atoms with van der Waals surface area (Å²) in [7, 11) is 0. The van der Waals surface area contributed by atoms with E-state index < -0.39 is 0 Å². The van der Waals surface area contributed by atoms with Crippen molar-refractivity contribution in [1.82, 2.24) is 0 Å². The topological polar surface area (TPSA) is 9.23 Å². The van der Waals surface area contributed by atoms with Crippen LogP contribution in [0.2, 0.25) is 0 Å². The van der Waals surface area contributed by atoms with Gasteiger partial charge in [-0.1, -0.05) is 22.9 Å². The van der Waals surface area contributed by atoms with E-state index in [4.69, 9.17) is 4.74 Å². The normalized spacial score (nSPS) is 10.2. The third-order valence-corrected chi connectivity index (χ3v) is 2.77. The molecule has 0 aliphatic carbocycles. The van der Waals surface area contributed by atoms with E-state index in [-0.39, 0.29) is 0 Å². The van der Waals surface area contributed by atoms with Crippen LogP contribution in [0.25, 0.3) is 0 Å². The van der Waals surface area contributed by atoms with Crippen LogP contribution in [0.1, 0.15) is 24.5 Å². The van der Waals surface area contributed by atoms with Crippen LogP contribution in [0.4, 0.5) is 0 Å². The zero-order chi connectivity index (χ0) is 9.84. The minimum atomic E-state index is 0.794. The SMILES string of the molecule is CCCOc1cc(C)c(Br)cc1C. The van der Waals surface area contributed by atoms with E-state index in [9.17, 15) is 0 Å². The number of aryl methyl sites for hydroxylation is 2. The molecule has 0 saturated carbocycles. The van der Waals surface area contributed by atoms with Crippen molar-refractivity contribution in [3.63, 3.8) is 0 Å². The molecular formula is C11H15BrO. The Morgan fingerprint density at radius 1 is 1.23 bits per heavy atom.